The Hall–Kier alpha value is -1.30. The van der Waals surface area contributed by atoms with E-state index in [0.29, 0.717) is 6.54 Å². The first kappa shape index (κ1) is 11.7. The van der Waals surface area contributed by atoms with E-state index in [1.54, 1.807) is 6.92 Å². The van der Waals surface area contributed by atoms with Crippen LogP contribution in [0.25, 0.3) is 0 Å². The van der Waals surface area contributed by atoms with E-state index in [0.717, 1.165) is 0 Å². The van der Waals surface area contributed by atoms with Crippen molar-refractivity contribution in [3.8, 4) is 0 Å². The SMILES string of the molecule is CCNC(=O)[C@H](NC(=O)O)[C@H](C)O. The number of carboxylic acid groups (broad SMARTS) is 1. The van der Waals surface area contributed by atoms with E-state index in [2.05, 4.69) is 5.32 Å². The van der Waals surface area contributed by atoms with Crippen molar-refractivity contribution in [1.82, 2.24) is 10.6 Å². The highest BCUT2D eigenvalue weighted by Gasteiger charge is 2.24. The van der Waals surface area contributed by atoms with Crippen LogP contribution in [0.4, 0.5) is 4.79 Å². The van der Waals surface area contributed by atoms with Crippen molar-refractivity contribution in [3.05, 3.63) is 0 Å². The molecule has 0 saturated heterocycles. The molecular formula is C7H14N2O4. The zero-order chi connectivity index (χ0) is 10.4. The van der Waals surface area contributed by atoms with Gasteiger partial charge in [-0.1, -0.05) is 0 Å². The van der Waals surface area contributed by atoms with Gasteiger partial charge in [0.25, 0.3) is 0 Å². The third kappa shape index (κ3) is 4.32. The van der Waals surface area contributed by atoms with Gasteiger partial charge in [0.05, 0.1) is 6.10 Å². The molecule has 0 aliphatic heterocycles. The summed E-state index contributed by atoms with van der Waals surface area (Å²) in [5, 5.41) is 21.7. The van der Waals surface area contributed by atoms with E-state index in [4.69, 9.17) is 10.2 Å². The van der Waals surface area contributed by atoms with Gasteiger partial charge in [0, 0.05) is 6.54 Å². The molecule has 0 spiro atoms. The number of likely N-dealkylation sites (N-methyl/N-ethyl adjacent to an activating group) is 1. The Morgan fingerprint density at radius 1 is 1.46 bits per heavy atom. The van der Waals surface area contributed by atoms with Crippen molar-refractivity contribution in [2.24, 2.45) is 0 Å². The fourth-order valence-electron chi connectivity index (χ4n) is 0.822. The third-order valence-corrected chi connectivity index (χ3v) is 1.39. The average Bonchev–Trinajstić information content (AvgIpc) is 1.99. The number of carbonyl (C=O) groups is 2. The largest absolute Gasteiger partial charge is 0.465 e. The monoisotopic (exact) mass is 190 g/mol. The van der Waals surface area contributed by atoms with Crippen molar-refractivity contribution in [3.63, 3.8) is 0 Å². The molecular weight excluding hydrogens is 176 g/mol. The van der Waals surface area contributed by atoms with Gasteiger partial charge >= 0.3 is 6.09 Å². The van der Waals surface area contributed by atoms with Gasteiger partial charge in [-0.25, -0.2) is 4.79 Å². The van der Waals surface area contributed by atoms with E-state index in [1.165, 1.54) is 6.92 Å². The molecule has 0 aliphatic carbocycles. The Labute approximate surface area is 75.9 Å². The highest BCUT2D eigenvalue weighted by atomic mass is 16.4. The van der Waals surface area contributed by atoms with Crippen molar-refractivity contribution >= 4 is 12.0 Å². The van der Waals surface area contributed by atoms with Crippen molar-refractivity contribution in [2.75, 3.05) is 6.54 Å². The van der Waals surface area contributed by atoms with Crippen LogP contribution in [0.5, 0.6) is 0 Å². The van der Waals surface area contributed by atoms with Crippen molar-refractivity contribution in [2.45, 2.75) is 26.0 Å². The summed E-state index contributed by atoms with van der Waals surface area (Å²) < 4.78 is 0. The Morgan fingerprint density at radius 2 is 2.00 bits per heavy atom. The molecule has 0 aromatic heterocycles. The van der Waals surface area contributed by atoms with Gasteiger partial charge in [0.1, 0.15) is 6.04 Å². The van der Waals surface area contributed by atoms with Crippen LogP contribution < -0.4 is 10.6 Å². The number of aliphatic hydroxyl groups is 1. The first-order valence-corrected chi connectivity index (χ1v) is 3.94. The summed E-state index contributed by atoms with van der Waals surface area (Å²) in [6, 6.07) is -1.11. The summed E-state index contributed by atoms with van der Waals surface area (Å²) in [5.41, 5.74) is 0. The molecule has 2 atom stereocenters. The van der Waals surface area contributed by atoms with Gasteiger partial charge in [-0.3, -0.25) is 4.79 Å². The summed E-state index contributed by atoms with van der Waals surface area (Å²) in [4.78, 5) is 21.3. The van der Waals surface area contributed by atoms with E-state index >= 15 is 0 Å². The predicted molar refractivity (Wildman–Crippen MR) is 45.3 cm³/mol. The van der Waals surface area contributed by atoms with Crippen LogP contribution in [-0.2, 0) is 4.79 Å². The van der Waals surface area contributed by atoms with Crippen LogP contribution in [-0.4, -0.2) is 40.9 Å². The summed E-state index contributed by atoms with van der Waals surface area (Å²) in [6.07, 6.45) is -2.39. The van der Waals surface area contributed by atoms with Gasteiger partial charge in [0.2, 0.25) is 5.91 Å². The molecule has 0 aromatic carbocycles. The van der Waals surface area contributed by atoms with Gasteiger partial charge < -0.3 is 20.8 Å². The summed E-state index contributed by atoms with van der Waals surface area (Å²) in [7, 11) is 0. The first-order chi connectivity index (χ1) is 5.99. The van der Waals surface area contributed by atoms with Crippen molar-refractivity contribution in [1.29, 1.82) is 0 Å². The minimum Gasteiger partial charge on any atom is -0.465 e. The number of amides is 2. The number of hydrogen-bond acceptors (Lipinski definition) is 3. The minimum absolute atomic E-state index is 0.392. The smallest absolute Gasteiger partial charge is 0.405 e. The first-order valence-electron chi connectivity index (χ1n) is 3.94. The molecule has 0 saturated carbocycles. The normalized spacial score (nSPS) is 14.4. The van der Waals surface area contributed by atoms with Crippen LogP contribution in [0.2, 0.25) is 0 Å². The molecule has 0 unspecified atom stereocenters. The van der Waals surface area contributed by atoms with E-state index in [-0.39, 0.29) is 0 Å². The molecule has 0 radical (unpaired) electrons. The van der Waals surface area contributed by atoms with Crippen LogP contribution >= 0.6 is 0 Å². The van der Waals surface area contributed by atoms with Crippen LogP contribution in [0.3, 0.4) is 0 Å². The third-order valence-electron chi connectivity index (χ3n) is 1.39. The number of rotatable bonds is 4. The molecule has 0 bridgehead atoms. The fraction of sp³-hybridized carbons (Fsp3) is 0.714. The lowest BCUT2D eigenvalue weighted by molar-refractivity contribution is -0.125. The molecule has 0 fully saturated rings. The standard InChI is InChI=1S/C7H14N2O4/c1-3-8-6(11)5(4(2)10)9-7(12)13/h4-5,9-10H,3H2,1-2H3,(H,8,11)(H,12,13)/t4-,5+/m0/s1. The second-order valence-electron chi connectivity index (χ2n) is 2.56. The molecule has 76 valence electrons. The van der Waals surface area contributed by atoms with Gasteiger partial charge in [-0.05, 0) is 13.8 Å². The quantitative estimate of drug-likeness (QED) is 0.463. The van der Waals surface area contributed by atoms with Gasteiger partial charge in [-0.15, -0.1) is 0 Å². The van der Waals surface area contributed by atoms with E-state index in [9.17, 15) is 9.59 Å². The molecule has 0 rings (SSSR count). The van der Waals surface area contributed by atoms with Crippen molar-refractivity contribution < 1.29 is 19.8 Å². The lowest BCUT2D eigenvalue weighted by atomic mass is 10.1. The van der Waals surface area contributed by atoms with Crippen LogP contribution in [0.15, 0.2) is 0 Å². The Balaban J connectivity index is 4.24. The Bertz CT molecular complexity index is 193. The van der Waals surface area contributed by atoms with Gasteiger partial charge in [0.15, 0.2) is 0 Å². The summed E-state index contributed by atoms with van der Waals surface area (Å²) in [5.74, 6) is -0.528. The van der Waals surface area contributed by atoms with E-state index in [1.807, 2.05) is 5.32 Å². The van der Waals surface area contributed by atoms with Gasteiger partial charge in [-0.2, -0.15) is 0 Å². The number of hydrogen-bond donors (Lipinski definition) is 4. The number of carbonyl (C=O) groups excluding carboxylic acids is 1. The molecule has 6 nitrogen and oxygen atoms in total. The lowest BCUT2D eigenvalue weighted by Gasteiger charge is -2.18. The maximum atomic E-state index is 11.1. The zero-order valence-corrected chi connectivity index (χ0v) is 7.57. The number of nitrogens with one attached hydrogen (secondary N) is 2. The average molecular weight is 190 g/mol. The highest BCUT2D eigenvalue weighted by molar-refractivity contribution is 5.85. The maximum absolute atomic E-state index is 11.1. The Morgan fingerprint density at radius 3 is 2.31 bits per heavy atom. The molecule has 0 heterocycles. The second kappa shape index (κ2) is 5.36. The summed E-state index contributed by atoms with van der Waals surface area (Å²) in [6.45, 7) is 3.44. The molecule has 6 heteroatoms. The molecule has 0 aliphatic rings. The summed E-state index contributed by atoms with van der Waals surface area (Å²) >= 11 is 0. The highest BCUT2D eigenvalue weighted by Crippen LogP contribution is 1.92. The topological polar surface area (TPSA) is 98.7 Å². The predicted octanol–water partition coefficient (Wildman–Crippen LogP) is -0.860. The maximum Gasteiger partial charge on any atom is 0.405 e. The van der Waals surface area contributed by atoms with Crippen LogP contribution in [0.1, 0.15) is 13.8 Å². The van der Waals surface area contributed by atoms with Crippen LogP contribution in [0, 0.1) is 0 Å². The zero-order valence-electron chi connectivity index (χ0n) is 7.57. The molecule has 2 amide bonds. The molecule has 13 heavy (non-hydrogen) atoms. The molecule has 4 N–H and O–H groups in total. The van der Waals surface area contributed by atoms with E-state index < -0.39 is 24.1 Å². The fourth-order valence-corrected chi connectivity index (χ4v) is 0.822. The number of aliphatic hydroxyl groups excluding tert-OH is 1. The lowest BCUT2D eigenvalue weighted by Crippen LogP contribution is -2.52. The molecule has 0 aromatic rings. The second-order valence-corrected chi connectivity index (χ2v) is 2.56. The minimum atomic E-state index is -1.34. The Kier molecular flexibility index (Phi) is 4.83.